The molecular weight excluding hydrogens is 247 g/mol. The van der Waals surface area contributed by atoms with Gasteiger partial charge in [-0.2, -0.15) is 0 Å². The summed E-state index contributed by atoms with van der Waals surface area (Å²) in [5, 5.41) is 12.6. The van der Waals surface area contributed by atoms with Gasteiger partial charge in [0.05, 0.1) is 17.7 Å². The number of nitrogen functional groups attached to an aromatic ring is 1. The molecule has 2 rings (SSSR count). The third-order valence-electron chi connectivity index (χ3n) is 3.53. The number of benzene rings is 1. The molecule has 5 heteroatoms. The van der Waals surface area contributed by atoms with Gasteiger partial charge in [-0.3, -0.25) is 4.79 Å². The summed E-state index contributed by atoms with van der Waals surface area (Å²) in [6, 6.07) is 3.68. The predicted molar refractivity (Wildman–Crippen MR) is 71.2 cm³/mol. The van der Waals surface area contributed by atoms with Crippen molar-refractivity contribution in [2.45, 2.75) is 44.2 Å². The number of hydrogen-bond acceptors (Lipinski definition) is 3. The number of hydrogen-bond donors (Lipinski definition) is 3. The van der Waals surface area contributed by atoms with Crippen LogP contribution in [-0.2, 0) is 0 Å². The molecule has 0 aromatic heterocycles. The monoisotopic (exact) mass is 266 g/mol. The maximum absolute atomic E-state index is 13.6. The Hall–Kier alpha value is -1.62. The lowest BCUT2D eigenvalue weighted by Gasteiger charge is -2.21. The predicted octanol–water partition coefficient (Wildman–Crippen LogP) is 1.83. The minimum absolute atomic E-state index is 0.0364. The Labute approximate surface area is 111 Å². The fourth-order valence-electron chi connectivity index (χ4n) is 2.42. The van der Waals surface area contributed by atoms with E-state index in [1.54, 1.807) is 0 Å². The molecule has 19 heavy (non-hydrogen) atoms. The SMILES string of the molecule is Nc1ccc(C(=O)NC2CCCCCC2O)c(F)c1. The summed E-state index contributed by atoms with van der Waals surface area (Å²) in [6.45, 7) is 0. The number of carbonyl (C=O) groups excluding carboxylic acids is 1. The first kappa shape index (κ1) is 13.8. The molecule has 1 aliphatic carbocycles. The lowest BCUT2D eigenvalue weighted by atomic mass is 10.1. The van der Waals surface area contributed by atoms with Crippen LogP contribution in [0.25, 0.3) is 0 Å². The van der Waals surface area contributed by atoms with E-state index in [4.69, 9.17) is 5.73 Å². The molecule has 0 bridgehead atoms. The zero-order chi connectivity index (χ0) is 13.8. The molecule has 0 heterocycles. The van der Waals surface area contributed by atoms with Crippen molar-refractivity contribution >= 4 is 11.6 Å². The van der Waals surface area contributed by atoms with E-state index in [0.717, 1.165) is 31.7 Å². The van der Waals surface area contributed by atoms with Crippen molar-refractivity contribution in [3.8, 4) is 0 Å². The van der Waals surface area contributed by atoms with Crippen molar-refractivity contribution < 1.29 is 14.3 Å². The Morgan fingerprint density at radius 2 is 2.05 bits per heavy atom. The highest BCUT2D eigenvalue weighted by Crippen LogP contribution is 2.19. The van der Waals surface area contributed by atoms with Crippen LogP contribution in [0.15, 0.2) is 18.2 Å². The highest BCUT2D eigenvalue weighted by Gasteiger charge is 2.24. The minimum atomic E-state index is -0.638. The van der Waals surface area contributed by atoms with E-state index in [2.05, 4.69) is 5.32 Å². The molecule has 0 aliphatic heterocycles. The molecule has 4 nitrogen and oxygen atoms in total. The summed E-state index contributed by atoms with van der Waals surface area (Å²) < 4.78 is 13.6. The first-order valence-corrected chi connectivity index (χ1v) is 6.62. The molecule has 1 aromatic carbocycles. The minimum Gasteiger partial charge on any atom is -0.399 e. The van der Waals surface area contributed by atoms with Gasteiger partial charge in [0, 0.05) is 5.69 Å². The molecule has 1 saturated carbocycles. The zero-order valence-corrected chi connectivity index (χ0v) is 10.7. The number of halogens is 1. The molecule has 104 valence electrons. The summed E-state index contributed by atoms with van der Waals surface area (Å²) in [4.78, 5) is 12.0. The van der Waals surface area contributed by atoms with E-state index in [1.807, 2.05) is 0 Å². The molecule has 0 saturated heterocycles. The number of carbonyl (C=O) groups is 1. The summed E-state index contributed by atoms with van der Waals surface area (Å²) >= 11 is 0. The number of nitrogens with two attached hydrogens (primary N) is 1. The van der Waals surface area contributed by atoms with Gasteiger partial charge >= 0.3 is 0 Å². The number of rotatable bonds is 2. The van der Waals surface area contributed by atoms with Gasteiger partial charge in [0.2, 0.25) is 0 Å². The Balaban J connectivity index is 2.07. The molecule has 2 unspecified atom stereocenters. The maximum atomic E-state index is 13.6. The maximum Gasteiger partial charge on any atom is 0.254 e. The summed E-state index contributed by atoms with van der Waals surface area (Å²) in [5.41, 5.74) is 5.69. The molecule has 0 radical (unpaired) electrons. The van der Waals surface area contributed by atoms with Gasteiger partial charge < -0.3 is 16.2 Å². The van der Waals surface area contributed by atoms with Gasteiger partial charge in [-0.15, -0.1) is 0 Å². The second kappa shape index (κ2) is 6.02. The molecule has 4 N–H and O–H groups in total. The molecule has 1 aromatic rings. The summed E-state index contributed by atoms with van der Waals surface area (Å²) in [5.74, 6) is -1.14. The van der Waals surface area contributed by atoms with Crippen LogP contribution in [0.5, 0.6) is 0 Å². The largest absolute Gasteiger partial charge is 0.399 e. The van der Waals surface area contributed by atoms with E-state index in [-0.39, 0.29) is 17.3 Å². The lowest BCUT2D eigenvalue weighted by Crippen LogP contribution is -2.42. The van der Waals surface area contributed by atoms with Gasteiger partial charge in [-0.05, 0) is 31.0 Å². The van der Waals surface area contributed by atoms with Crippen LogP contribution in [0.2, 0.25) is 0 Å². The summed E-state index contributed by atoms with van der Waals surface area (Å²) in [6.07, 6.45) is 3.83. The average Bonchev–Trinajstić information content (AvgIpc) is 2.55. The van der Waals surface area contributed by atoms with Gasteiger partial charge in [0.1, 0.15) is 5.82 Å². The molecule has 2 atom stereocenters. The molecule has 1 fully saturated rings. The normalized spacial score (nSPS) is 23.7. The highest BCUT2D eigenvalue weighted by molar-refractivity contribution is 5.95. The second-order valence-electron chi connectivity index (χ2n) is 5.02. The van der Waals surface area contributed by atoms with Crippen LogP contribution >= 0.6 is 0 Å². The van der Waals surface area contributed by atoms with E-state index in [0.29, 0.717) is 6.42 Å². The van der Waals surface area contributed by atoms with Gasteiger partial charge in [-0.1, -0.05) is 19.3 Å². The van der Waals surface area contributed by atoms with E-state index >= 15 is 0 Å². The Morgan fingerprint density at radius 3 is 2.79 bits per heavy atom. The fourth-order valence-corrected chi connectivity index (χ4v) is 2.42. The van der Waals surface area contributed by atoms with Crippen LogP contribution in [0.1, 0.15) is 42.5 Å². The second-order valence-corrected chi connectivity index (χ2v) is 5.02. The van der Waals surface area contributed by atoms with Crippen LogP contribution < -0.4 is 11.1 Å². The van der Waals surface area contributed by atoms with Crippen molar-refractivity contribution in [1.82, 2.24) is 5.32 Å². The quantitative estimate of drug-likeness (QED) is 0.564. The van der Waals surface area contributed by atoms with Crippen molar-refractivity contribution in [2.75, 3.05) is 5.73 Å². The van der Waals surface area contributed by atoms with Crippen LogP contribution in [0.4, 0.5) is 10.1 Å². The Morgan fingerprint density at radius 1 is 1.32 bits per heavy atom. The zero-order valence-electron chi connectivity index (χ0n) is 10.7. The average molecular weight is 266 g/mol. The summed E-state index contributed by atoms with van der Waals surface area (Å²) in [7, 11) is 0. The topological polar surface area (TPSA) is 75.4 Å². The first-order valence-electron chi connectivity index (χ1n) is 6.62. The molecule has 0 spiro atoms. The third-order valence-corrected chi connectivity index (χ3v) is 3.53. The Kier molecular flexibility index (Phi) is 4.37. The van der Waals surface area contributed by atoms with Gasteiger partial charge in [-0.25, -0.2) is 4.39 Å². The highest BCUT2D eigenvalue weighted by atomic mass is 19.1. The van der Waals surface area contributed by atoms with Crippen LogP contribution in [0, 0.1) is 5.82 Å². The van der Waals surface area contributed by atoms with Crippen molar-refractivity contribution in [1.29, 1.82) is 0 Å². The number of amides is 1. The lowest BCUT2D eigenvalue weighted by molar-refractivity contribution is 0.0815. The van der Waals surface area contributed by atoms with Crippen molar-refractivity contribution in [2.24, 2.45) is 0 Å². The first-order chi connectivity index (χ1) is 9.08. The van der Waals surface area contributed by atoms with E-state index in [9.17, 15) is 14.3 Å². The number of anilines is 1. The van der Waals surface area contributed by atoms with E-state index < -0.39 is 17.8 Å². The standard InChI is InChI=1S/C14H19FN2O2/c15-11-8-9(16)6-7-10(11)14(19)17-12-4-2-1-3-5-13(12)18/h6-8,12-13,18H,1-5,16H2,(H,17,19). The number of aliphatic hydroxyl groups excluding tert-OH is 1. The fraction of sp³-hybridized carbons (Fsp3) is 0.500. The number of aliphatic hydroxyl groups is 1. The molecule has 1 amide bonds. The molecule has 1 aliphatic rings. The van der Waals surface area contributed by atoms with Crippen LogP contribution in [0.3, 0.4) is 0 Å². The van der Waals surface area contributed by atoms with E-state index in [1.165, 1.54) is 12.1 Å². The van der Waals surface area contributed by atoms with Crippen molar-refractivity contribution in [3.05, 3.63) is 29.6 Å². The van der Waals surface area contributed by atoms with Crippen LogP contribution in [-0.4, -0.2) is 23.2 Å². The molecular formula is C14H19FN2O2. The van der Waals surface area contributed by atoms with Gasteiger partial charge in [0.15, 0.2) is 0 Å². The number of nitrogens with one attached hydrogen (secondary N) is 1. The smallest absolute Gasteiger partial charge is 0.254 e. The Bertz CT molecular complexity index is 465. The van der Waals surface area contributed by atoms with Gasteiger partial charge in [0.25, 0.3) is 5.91 Å². The third kappa shape index (κ3) is 3.44. The van der Waals surface area contributed by atoms with Crippen molar-refractivity contribution in [3.63, 3.8) is 0 Å².